The van der Waals surface area contributed by atoms with E-state index >= 15 is 0 Å². The molecule has 2 rings (SSSR count). The Hall–Kier alpha value is -2.49. The molecule has 0 aliphatic rings. The highest BCUT2D eigenvalue weighted by molar-refractivity contribution is 5.86. The molecule has 1 N–H and O–H groups in total. The van der Waals surface area contributed by atoms with Gasteiger partial charge in [0.05, 0.1) is 7.11 Å². The quantitative estimate of drug-likeness (QED) is 0.899. The molecule has 0 heterocycles. The highest BCUT2D eigenvalue weighted by Gasteiger charge is 2.08. The number of amides is 1. The predicted octanol–water partition coefficient (Wildman–Crippen LogP) is 3.31. The summed E-state index contributed by atoms with van der Waals surface area (Å²) in [7, 11) is 1.53. The monoisotopic (exact) mass is 243 g/mol. The van der Waals surface area contributed by atoms with Gasteiger partial charge in [-0.05, 0) is 24.3 Å². The summed E-state index contributed by atoms with van der Waals surface area (Å²) in [4.78, 5) is 11.7. The molecule has 92 valence electrons. The molecular formula is C14H13NO3. The summed E-state index contributed by atoms with van der Waals surface area (Å²) < 4.78 is 10.3. The molecule has 0 atom stereocenters. The lowest BCUT2D eigenvalue weighted by molar-refractivity contribution is 0.213. The smallest absolute Gasteiger partial charge is 0.417 e. The first-order chi connectivity index (χ1) is 8.79. The van der Waals surface area contributed by atoms with Crippen molar-refractivity contribution in [3.63, 3.8) is 0 Å². The van der Waals surface area contributed by atoms with E-state index < -0.39 is 6.09 Å². The van der Waals surface area contributed by atoms with Gasteiger partial charge in [-0.25, -0.2) is 4.79 Å². The highest BCUT2D eigenvalue weighted by Crippen LogP contribution is 2.26. The molecule has 4 nitrogen and oxygen atoms in total. The molecule has 0 aromatic heterocycles. The number of hydrogen-bond donors (Lipinski definition) is 1. The minimum Gasteiger partial charge on any atom is -0.493 e. The van der Waals surface area contributed by atoms with E-state index in [1.807, 2.05) is 18.2 Å². The first kappa shape index (κ1) is 12.0. The molecule has 18 heavy (non-hydrogen) atoms. The third-order valence-corrected chi connectivity index (χ3v) is 2.29. The SMILES string of the molecule is COc1ccccc1OC(=O)Nc1ccccc1. The fourth-order valence-electron chi connectivity index (χ4n) is 1.47. The van der Waals surface area contributed by atoms with Crippen LogP contribution in [0.3, 0.4) is 0 Å². The Kier molecular flexibility index (Phi) is 3.81. The zero-order chi connectivity index (χ0) is 12.8. The number of carbonyl (C=O) groups excluding carboxylic acids is 1. The lowest BCUT2D eigenvalue weighted by Crippen LogP contribution is -2.16. The third-order valence-electron chi connectivity index (χ3n) is 2.29. The number of methoxy groups -OCH3 is 1. The number of nitrogens with one attached hydrogen (secondary N) is 1. The van der Waals surface area contributed by atoms with Crippen LogP contribution in [0.25, 0.3) is 0 Å². The van der Waals surface area contributed by atoms with Crippen molar-refractivity contribution >= 4 is 11.8 Å². The largest absolute Gasteiger partial charge is 0.493 e. The summed E-state index contributed by atoms with van der Waals surface area (Å²) in [5.41, 5.74) is 0.678. The number of para-hydroxylation sites is 3. The van der Waals surface area contributed by atoms with Gasteiger partial charge in [-0.3, -0.25) is 5.32 Å². The van der Waals surface area contributed by atoms with Crippen LogP contribution in [-0.4, -0.2) is 13.2 Å². The molecule has 0 spiro atoms. The van der Waals surface area contributed by atoms with Gasteiger partial charge in [0.2, 0.25) is 0 Å². The molecule has 0 saturated carbocycles. The fourth-order valence-corrected chi connectivity index (χ4v) is 1.47. The minimum absolute atomic E-state index is 0.383. The second-order valence-electron chi connectivity index (χ2n) is 3.53. The van der Waals surface area contributed by atoms with Crippen molar-refractivity contribution in [2.45, 2.75) is 0 Å². The van der Waals surface area contributed by atoms with E-state index in [1.54, 1.807) is 36.4 Å². The standard InChI is InChI=1S/C14H13NO3/c1-17-12-9-5-6-10-13(12)18-14(16)15-11-7-3-2-4-8-11/h2-10H,1H3,(H,15,16). The first-order valence-corrected chi connectivity index (χ1v) is 5.46. The molecule has 4 heteroatoms. The highest BCUT2D eigenvalue weighted by atomic mass is 16.6. The lowest BCUT2D eigenvalue weighted by atomic mass is 10.3. The summed E-state index contributed by atoms with van der Waals surface area (Å²) in [6, 6.07) is 16.1. The van der Waals surface area contributed by atoms with E-state index in [-0.39, 0.29) is 0 Å². The molecule has 0 fully saturated rings. The van der Waals surface area contributed by atoms with Crippen molar-refractivity contribution in [3.8, 4) is 11.5 Å². The summed E-state index contributed by atoms with van der Waals surface area (Å²) in [6.07, 6.45) is -0.550. The van der Waals surface area contributed by atoms with E-state index in [0.717, 1.165) is 0 Å². The zero-order valence-electron chi connectivity index (χ0n) is 9.92. The average Bonchev–Trinajstić information content (AvgIpc) is 2.40. The number of carbonyl (C=O) groups is 1. The fraction of sp³-hybridized carbons (Fsp3) is 0.0714. The van der Waals surface area contributed by atoms with Crippen molar-refractivity contribution in [3.05, 3.63) is 54.6 Å². The Labute approximate surface area is 105 Å². The van der Waals surface area contributed by atoms with Gasteiger partial charge < -0.3 is 9.47 Å². The van der Waals surface area contributed by atoms with Crippen LogP contribution >= 0.6 is 0 Å². The van der Waals surface area contributed by atoms with Crippen LogP contribution in [0.1, 0.15) is 0 Å². The van der Waals surface area contributed by atoms with E-state index in [4.69, 9.17) is 9.47 Å². The predicted molar refractivity (Wildman–Crippen MR) is 69.1 cm³/mol. The Morgan fingerprint density at radius 3 is 2.22 bits per heavy atom. The second-order valence-corrected chi connectivity index (χ2v) is 3.53. The third kappa shape index (κ3) is 3.01. The Morgan fingerprint density at radius 1 is 0.944 bits per heavy atom. The van der Waals surface area contributed by atoms with Crippen LogP contribution < -0.4 is 14.8 Å². The van der Waals surface area contributed by atoms with Gasteiger partial charge >= 0.3 is 6.09 Å². The van der Waals surface area contributed by atoms with E-state index in [1.165, 1.54) is 7.11 Å². The summed E-state index contributed by atoms with van der Waals surface area (Å²) in [5.74, 6) is 0.897. The van der Waals surface area contributed by atoms with Crippen molar-refractivity contribution in [1.29, 1.82) is 0 Å². The van der Waals surface area contributed by atoms with E-state index in [2.05, 4.69) is 5.32 Å². The Morgan fingerprint density at radius 2 is 1.56 bits per heavy atom. The van der Waals surface area contributed by atoms with Crippen LogP contribution in [0.2, 0.25) is 0 Å². The van der Waals surface area contributed by atoms with Crippen LogP contribution in [0, 0.1) is 0 Å². The van der Waals surface area contributed by atoms with Gasteiger partial charge in [0.25, 0.3) is 0 Å². The Balaban J connectivity index is 2.03. The summed E-state index contributed by atoms with van der Waals surface area (Å²) in [6.45, 7) is 0. The Bertz CT molecular complexity index is 526. The maximum absolute atomic E-state index is 11.7. The molecule has 0 aliphatic heterocycles. The van der Waals surface area contributed by atoms with E-state index in [9.17, 15) is 4.79 Å². The minimum atomic E-state index is -0.550. The average molecular weight is 243 g/mol. The van der Waals surface area contributed by atoms with Gasteiger partial charge in [0.15, 0.2) is 11.5 Å². The summed E-state index contributed by atoms with van der Waals surface area (Å²) >= 11 is 0. The van der Waals surface area contributed by atoms with Crippen molar-refractivity contribution in [2.75, 3.05) is 12.4 Å². The molecule has 2 aromatic carbocycles. The van der Waals surface area contributed by atoms with Gasteiger partial charge in [0.1, 0.15) is 0 Å². The van der Waals surface area contributed by atoms with Crippen LogP contribution in [0.4, 0.5) is 10.5 Å². The maximum atomic E-state index is 11.7. The van der Waals surface area contributed by atoms with Crippen LogP contribution in [0.5, 0.6) is 11.5 Å². The number of anilines is 1. The number of hydrogen-bond acceptors (Lipinski definition) is 3. The normalized spacial score (nSPS) is 9.61. The number of rotatable bonds is 3. The molecule has 0 saturated heterocycles. The molecule has 1 amide bonds. The van der Waals surface area contributed by atoms with Gasteiger partial charge in [-0.15, -0.1) is 0 Å². The molecule has 2 aromatic rings. The number of benzene rings is 2. The molecule has 0 bridgehead atoms. The van der Waals surface area contributed by atoms with E-state index in [0.29, 0.717) is 17.2 Å². The van der Waals surface area contributed by atoms with Gasteiger partial charge in [-0.1, -0.05) is 30.3 Å². The van der Waals surface area contributed by atoms with Gasteiger partial charge in [0, 0.05) is 5.69 Å². The first-order valence-electron chi connectivity index (χ1n) is 5.46. The zero-order valence-corrected chi connectivity index (χ0v) is 9.92. The molecule has 0 unspecified atom stereocenters. The van der Waals surface area contributed by atoms with Gasteiger partial charge in [-0.2, -0.15) is 0 Å². The van der Waals surface area contributed by atoms with Crippen LogP contribution in [0.15, 0.2) is 54.6 Å². The topological polar surface area (TPSA) is 47.6 Å². The summed E-state index contributed by atoms with van der Waals surface area (Å²) in [5, 5.41) is 2.62. The molecule has 0 aliphatic carbocycles. The maximum Gasteiger partial charge on any atom is 0.417 e. The molecular weight excluding hydrogens is 230 g/mol. The number of ether oxygens (including phenoxy) is 2. The lowest BCUT2D eigenvalue weighted by Gasteiger charge is -2.09. The second kappa shape index (κ2) is 5.72. The van der Waals surface area contributed by atoms with Crippen molar-refractivity contribution in [2.24, 2.45) is 0 Å². The van der Waals surface area contributed by atoms with Crippen LogP contribution in [-0.2, 0) is 0 Å². The van der Waals surface area contributed by atoms with Crippen molar-refractivity contribution in [1.82, 2.24) is 0 Å². The van der Waals surface area contributed by atoms with Crippen molar-refractivity contribution < 1.29 is 14.3 Å². The molecule has 0 radical (unpaired) electrons.